The maximum Gasteiger partial charge on any atom is 0.326 e. The first-order valence-corrected chi connectivity index (χ1v) is 11.1. The van der Waals surface area contributed by atoms with Crippen molar-refractivity contribution in [3.05, 3.63) is 95.1 Å². The molecule has 1 heterocycles. The van der Waals surface area contributed by atoms with Crippen molar-refractivity contribution in [2.75, 3.05) is 23.3 Å². The monoisotopic (exact) mass is 441 g/mol. The second kappa shape index (κ2) is 9.69. The minimum Gasteiger partial charge on any atom is -0.308 e. The third-order valence-corrected chi connectivity index (χ3v) is 5.79. The number of carbonyl (C=O) groups excluding carboxylic acids is 3. The molecule has 0 bridgehead atoms. The Balaban J connectivity index is 1.40. The number of nitrogens with zero attached hydrogens (tertiary/aromatic N) is 2. The van der Waals surface area contributed by atoms with E-state index in [0.29, 0.717) is 37.1 Å². The second-order valence-electron chi connectivity index (χ2n) is 8.30. The highest BCUT2D eigenvalue weighted by Gasteiger charge is 2.34. The van der Waals surface area contributed by atoms with Crippen LogP contribution in [0.3, 0.4) is 0 Å². The van der Waals surface area contributed by atoms with Gasteiger partial charge in [0.25, 0.3) is 11.8 Å². The van der Waals surface area contributed by atoms with Gasteiger partial charge in [-0.05, 0) is 63.1 Å². The van der Waals surface area contributed by atoms with Crippen molar-refractivity contribution in [2.24, 2.45) is 0 Å². The molecule has 0 fully saturated rings. The average Bonchev–Trinajstić information content (AvgIpc) is 3.06. The first-order chi connectivity index (χ1) is 15.9. The summed E-state index contributed by atoms with van der Waals surface area (Å²) in [4.78, 5) is 41.2. The highest BCUT2D eigenvalue weighted by atomic mass is 16.2. The van der Waals surface area contributed by atoms with Gasteiger partial charge in [-0.1, -0.05) is 47.5 Å². The van der Waals surface area contributed by atoms with E-state index >= 15 is 0 Å². The van der Waals surface area contributed by atoms with Crippen LogP contribution in [0.15, 0.2) is 72.8 Å². The van der Waals surface area contributed by atoms with Gasteiger partial charge in [0.2, 0.25) is 0 Å². The van der Waals surface area contributed by atoms with Crippen LogP contribution in [-0.4, -0.2) is 35.8 Å². The summed E-state index contributed by atoms with van der Waals surface area (Å²) < 4.78 is 0. The molecule has 4 amide bonds. The minimum absolute atomic E-state index is 0.219. The molecule has 1 aliphatic heterocycles. The number of imide groups is 1. The Morgan fingerprint density at radius 1 is 0.788 bits per heavy atom. The summed E-state index contributed by atoms with van der Waals surface area (Å²) in [6.07, 6.45) is 1.24. The lowest BCUT2D eigenvalue weighted by Gasteiger charge is -2.24. The Bertz CT molecular complexity index is 1130. The number of benzene rings is 3. The zero-order chi connectivity index (χ0) is 23.4. The molecule has 1 N–H and O–H groups in total. The number of fused-ring (bicyclic) bond motifs is 1. The lowest BCUT2D eigenvalue weighted by atomic mass is 10.1. The fourth-order valence-corrected chi connectivity index (χ4v) is 3.88. The average molecular weight is 442 g/mol. The van der Waals surface area contributed by atoms with Gasteiger partial charge in [-0.15, -0.1) is 0 Å². The molecule has 0 unspecified atom stereocenters. The molecule has 3 aromatic carbocycles. The molecule has 0 radical (unpaired) electrons. The first kappa shape index (κ1) is 22.3. The molecule has 6 nitrogen and oxygen atoms in total. The van der Waals surface area contributed by atoms with Crippen LogP contribution < -0.4 is 10.2 Å². The predicted octanol–water partition coefficient (Wildman–Crippen LogP) is 5.42. The molecule has 4 rings (SSSR count). The van der Waals surface area contributed by atoms with Crippen LogP contribution in [0.5, 0.6) is 0 Å². The molecule has 6 heteroatoms. The predicted molar refractivity (Wildman–Crippen MR) is 130 cm³/mol. The topological polar surface area (TPSA) is 69.7 Å². The number of amides is 4. The van der Waals surface area contributed by atoms with Crippen LogP contribution in [0.1, 0.15) is 44.7 Å². The van der Waals surface area contributed by atoms with Gasteiger partial charge in [-0.2, -0.15) is 0 Å². The molecule has 0 saturated carbocycles. The lowest BCUT2D eigenvalue weighted by Crippen LogP contribution is -2.36. The van der Waals surface area contributed by atoms with E-state index in [2.05, 4.69) is 5.32 Å². The van der Waals surface area contributed by atoms with Gasteiger partial charge in [0.1, 0.15) is 0 Å². The van der Waals surface area contributed by atoms with Gasteiger partial charge in [0.15, 0.2) is 0 Å². The van der Waals surface area contributed by atoms with Crippen LogP contribution in [0, 0.1) is 13.8 Å². The van der Waals surface area contributed by atoms with Crippen molar-refractivity contribution in [3.8, 4) is 0 Å². The van der Waals surface area contributed by atoms with Crippen LogP contribution in [-0.2, 0) is 0 Å². The van der Waals surface area contributed by atoms with E-state index in [-0.39, 0.29) is 17.8 Å². The molecule has 3 aromatic rings. The number of hydrogen-bond donors (Lipinski definition) is 1. The van der Waals surface area contributed by atoms with Crippen molar-refractivity contribution < 1.29 is 14.4 Å². The molecule has 0 atom stereocenters. The number of aryl methyl sites for hydroxylation is 2. The summed E-state index contributed by atoms with van der Waals surface area (Å²) in [7, 11) is 0. The summed E-state index contributed by atoms with van der Waals surface area (Å²) in [6.45, 7) is 4.79. The fraction of sp³-hybridized carbons (Fsp3) is 0.222. The van der Waals surface area contributed by atoms with Crippen molar-refractivity contribution in [1.29, 1.82) is 0 Å². The Morgan fingerprint density at radius 2 is 1.33 bits per heavy atom. The second-order valence-corrected chi connectivity index (χ2v) is 8.30. The molecule has 0 aromatic heterocycles. The Morgan fingerprint density at radius 3 is 1.91 bits per heavy atom. The van der Waals surface area contributed by atoms with Gasteiger partial charge >= 0.3 is 6.03 Å². The number of rotatable bonds is 7. The van der Waals surface area contributed by atoms with Gasteiger partial charge in [-0.3, -0.25) is 19.4 Å². The summed E-state index contributed by atoms with van der Waals surface area (Å²) in [5.74, 6) is -0.494. The number of hydrogen-bond acceptors (Lipinski definition) is 3. The molecular formula is C27H27N3O3. The number of nitrogens with one attached hydrogen (secondary N) is 1. The quantitative estimate of drug-likeness (QED) is 0.393. The lowest BCUT2D eigenvalue weighted by molar-refractivity contribution is 0.0652. The van der Waals surface area contributed by atoms with E-state index in [0.717, 1.165) is 22.5 Å². The molecular weight excluding hydrogens is 414 g/mol. The van der Waals surface area contributed by atoms with E-state index in [1.807, 2.05) is 62.4 Å². The summed E-state index contributed by atoms with van der Waals surface area (Å²) in [6, 6.07) is 22.1. The molecule has 1 aliphatic rings. The van der Waals surface area contributed by atoms with E-state index < -0.39 is 0 Å². The SMILES string of the molecule is Cc1ccc(NC(=O)N(CCCCN2C(=O)c3ccccc3C2=O)c2ccc(C)cc2)cc1. The van der Waals surface area contributed by atoms with E-state index in [4.69, 9.17) is 0 Å². The molecule has 168 valence electrons. The summed E-state index contributed by atoms with van der Waals surface area (Å²) in [5, 5.41) is 2.96. The van der Waals surface area contributed by atoms with Crippen molar-refractivity contribution in [3.63, 3.8) is 0 Å². The smallest absolute Gasteiger partial charge is 0.308 e. The third-order valence-electron chi connectivity index (χ3n) is 5.79. The maximum atomic E-state index is 13.1. The Hall–Kier alpha value is -3.93. The minimum atomic E-state index is -0.247. The normalized spacial score (nSPS) is 12.6. The molecule has 0 saturated heterocycles. The van der Waals surface area contributed by atoms with Gasteiger partial charge < -0.3 is 5.32 Å². The van der Waals surface area contributed by atoms with Crippen LogP contribution in [0.25, 0.3) is 0 Å². The van der Waals surface area contributed by atoms with Crippen molar-refractivity contribution >= 4 is 29.2 Å². The Kier molecular flexibility index (Phi) is 6.54. The fourth-order valence-electron chi connectivity index (χ4n) is 3.88. The third kappa shape index (κ3) is 4.95. The number of unbranched alkanes of at least 4 members (excludes halogenated alkanes) is 1. The maximum absolute atomic E-state index is 13.1. The van der Waals surface area contributed by atoms with Crippen LogP contribution in [0.2, 0.25) is 0 Å². The van der Waals surface area contributed by atoms with Gasteiger partial charge in [0, 0.05) is 24.5 Å². The van der Waals surface area contributed by atoms with E-state index in [9.17, 15) is 14.4 Å². The first-order valence-electron chi connectivity index (χ1n) is 11.1. The summed E-state index contributed by atoms with van der Waals surface area (Å²) >= 11 is 0. The number of carbonyl (C=O) groups is 3. The molecule has 33 heavy (non-hydrogen) atoms. The Labute approximate surface area is 193 Å². The highest BCUT2D eigenvalue weighted by Crippen LogP contribution is 2.23. The zero-order valence-corrected chi connectivity index (χ0v) is 18.9. The van der Waals surface area contributed by atoms with Gasteiger partial charge in [0.05, 0.1) is 11.1 Å². The van der Waals surface area contributed by atoms with E-state index in [1.165, 1.54) is 4.90 Å². The largest absolute Gasteiger partial charge is 0.326 e. The van der Waals surface area contributed by atoms with Crippen molar-refractivity contribution in [2.45, 2.75) is 26.7 Å². The standard InChI is InChI=1S/C27H27N3O3/c1-19-9-13-21(14-10-19)28-27(33)29(22-15-11-20(2)12-16-22)17-5-6-18-30-25(31)23-7-3-4-8-24(23)26(30)32/h3-4,7-16H,5-6,17-18H2,1-2H3,(H,28,33). The number of urea groups is 1. The highest BCUT2D eigenvalue weighted by molar-refractivity contribution is 6.21. The van der Waals surface area contributed by atoms with Gasteiger partial charge in [-0.25, -0.2) is 4.79 Å². The summed E-state index contributed by atoms with van der Waals surface area (Å²) in [5.41, 5.74) is 4.68. The number of anilines is 2. The molecule has 0 aliphatic carbocycles. The van der Waals surface area contributed by atoms with Crippen LogP contribution >= 0.6 is 0 Å². The zero-order valence-electron chi connectivity index (χ0n) is 18.9. The molecule has 0 spiro atoms. The van der Waals surface area contributed by atoms with Crippen LogP contribution in [0.4, 0.5) is 16.2 Å². The van der Waals surface area contributed by atoms with Crippen molar-refractivity contribution in [1.82, 2.24) is 4.90 Å². The van der Waals surface area contributed by atoms with E-state index in [1.54, 1.807) is 29.2 Å².